The average molecular weight is 440 g/mol. The summed E-state index contributed by atoms with van der Waals surface area (Å²) in [5.74, 6) is 0.804. The molecule has 1 N–H and O–H groups in total. The molecule has 4 heterocycles. The summed E-state index contributed by atoms with van der Waals surface area (Å²) in [6, 6.07) is 17.0. The Bertz CT molecular complexity index is 1340. The van der Waals surface area contributed by atoms with Crippen molar-refractivity contribution in [2.24, 2.45) is 0 Å². The van der Waals surface area contributed by atoms with E-state index in [9.17, 15) is 0 Å². The second-order valence-corrected chi connectivity index (χ2v) is 8.99. The number of aromatic nitrogens is 6. The number of fused-ring (bicyclic) bond motifs is 1. The largest absolute Gasteiger partial charge is 0.343 e. The summed E-state index contributed by atoms with van der Waals surface area (Å²) in [7, 11) is 0. The Labute approximate surface area is 189 Å². The molecule has 0 spiro atoms. The van der Waals surface area contributed by atoms with Crippen LogP contribution < -0.4 is 4.90 Å². The fourth-order valence-electron chi connectivity index (χ4n) is 4.17. The smallest absolute Gasteiger partial charge is 0.185 e. The molecule has 5 aromatic rings. The highest BCUT2D eigenvalue weighted by Gasteiger charge is 2.20. The molecule has 3 aromatic heterocycles. The number of H-pyrrole nitrogens is 1. The SMILES string of the molecule is c1cc(Cc2cnc(N3CCc4ccc(-c5ncn[nH]5)cc4C3)s2)cc(-n2cccn2)c1. The molecule has 0 amide bonds. The van der Waals surface area contributed by atoms with E-state index in [4.69, 9.17) is 4.98 Å². The zero-order valence-electron chi connectivity index (χ0n) is 17.3. The van der Waals surface area contributed by atoms with Crippen molar-refractivity contribution in [3.8, 4) is 17.1 Å². The molecule has 1 aliphatic heterocycles. The van der Waals surface area contributed by atoms with Crippen molar-refractivity contribution < 1.29 is 0 Å². The van der Waals surface area contributed by atoms with Gasteiger partial charge in [0.15, 0.2) is 11.0 Å². The summed E-state index contributed by atoms with van der Waals surface area (Å²) in [6.45, 7) is 1.84. The van der Waals surface area contributed by atoms with Crippen molar-refractivity contribution in [3.63, 3.8) is 0 Å². The van der Waals surface area contributed by atoms with E-state index < -0.39 is 0 Å². The number of anilines is 1. The monoisotopic (exact) mass is 439 g/mol. The van der Waals surface area contributed by atoms with Crippen LogP contribution in [0.25, 0.3) is 17.1 Å². The Morgan fingerprint density at radius 1 is 1.03 bits per heavy atom. The number of rotatable bonds is 5. The molecule has 32 heavy (non-hydrogen) atoms. The molecular formula is C24H21N7S. The zero-order chi connectivity index (χ0) is 21.3. The van der Waals surface area contributed by atoms with E-state index in [-0.39, 0.29) is 0 Å². The molecular weight excluding hydrogens is 418 g/mol. The Kier molecular flexibility index (Phi) is 4.77. The lowest BCUT2D eigenvalue weighted by Crippen LogP contribution is -2.30. The van der Waals surface area contributed by atoms with Crippen LogP contribution in [0.15, 0.2) is 73.4 Å². The number of aromatic amines is 1. The third-order valence-corrected chi connectivity index (χ3v) is 6.83. The maximum absolute atomic E-state index is 4.75. The second kappa shape index (κ2) is 8.05. The fourth-order valence-corrected chi connectivity index (χ4v) is 5.14. The molecule has 2 aromatic carbocycles. The van der Waals surface area contributed by atoms with E-state index in [2.05, 4.69) is 67.6 Å². The van der Waals surface area contributed by atoms with Gasteiger partial charge in [-0.1, -0.05) is 24.3 Å². The van der Waals surface area contributed by atoms with Gasteiger partial charge in [0, 0.05) is 48.5 Å². The van der Waals surface area contributed by atoms with E-state index in [0.717, 1.165) is 48.1 Å². The first-order valence-electron chi connectivity index (χ1n) is 10.6. The van der Waals surface area contributed by atoms with Crippen molar-refractivity contribution >= 4 is 16.5 Å². The van der Waals surface area contributed by atoms with Crippen molar-refractivity contribution in [2.45, 2.75) is 19.4 Å². The Hall–Kier alpha value is -3.78. The molecule has 0 radical (unpaired) electrons. The van der Waals surface area contributed by atoms with Gasteiger partial charge < -0.3 is 4.90 Å². The van der Waals surface area contributed by atoms with Crippen molar-refractivity contribution in [3.05, 3.63) is 95.0 Å². The normalized spacial score (nSPS) is 13.3. The molecule has 0 bridgehead atoms. The Balaban J connectivity index is 1.19. The molecule has 0 unspecified atom stereocenters. The van der Waals surface area contributed by atoms with Crippen molar-refractivity contribution in [2.75, 3.05) is 11.4 Å². The third-order valence-electron chi connectivity index (χ3n) is 5.78. The van der Waals surface area contributed by atoms with Crippen LogP contribution in [-0.2, 0) is 19.4 Å². The van der Waals surface area contributed by atoms with Crippen LogP contribution in [0.3, 0.4) is 0 Å². The molecule has 6 rings (SSSR count). The van der Waals surface area contributed by atoms with Gasteiger partial charge in [0.05, 0.1) is 5.69 Å². The maximum atomic E-state index is 4.75. The quantitative estimate of drug-likeness (QED) is 0.443. The van der Waals surface area contributed by atoms with Gasteiger partial charge in [-0.3, -0.25) is 5.10 Å². The van der Waals surface area contributed by atoms with Gasteiger partial charge >= 0.3 is 0 Å². The van der Waals surface area contributed by atoms with Crippen LogP contribution in [-0.4, -0.2) is 36.5 Å². The van der Waals surface area contributed by atoms with E-state index in [1.54, 1.807) is 23.9 Å². The Morgan fingerprint density at radius 2 is 2.03 bits per heavy atom. The first-order valence-corrected chi connectivity index (χ1v) is 11.4. The van der Waals surface area contributed by atoms with Gasteiger partial charge in [-0.25, -0.2) is 14.6 Å². The molecule has 7 nitrogen and oxygen atoms in total. The van der Waals surface area contributed by atoms with Crippen LogP contribution in [0.5, 0.6) is 0 Å². The minimum absolute atomic E-state index is 0.804. The lowest BCUT2D eigenvalue weighted by Gasteiger charge is -2.28. The molecule has 158 valence electrons. The number of hydrogen-bond donors (Lipinski definition) is 1. The minimum Gasteiger partial charge on any atom is -0.343 e. The van der Waals surface area contributed by atoms with E-state index >= 15 is 0 Å². The molecule has 0 fully saturated rings. The highest BCUT2D eigenvalue weighted by molar-refractivity contribution is 7.15. The van der Waals surface area contributed by atoms with Gasteiger partial charge in [0.1, 0.15) is 6.33 Å². The van der Waals surface area contributed by atoms with Crippen LogP contribution >= 0.6 is 11.3 Å². The standard InChI is InChI=1S/C24H21N7S/c1-3-17(11-21(4-1)31-9-2-8-28-31)12-22-14-25-24(32-22)30-10-7-18-5-6-19(13-20(18)15-30)23-26-16-27-29-23/h1-6,8-9,11,13-14,16H,7,10,12,15H2,(H,26,27,29). The second-order valence-electron chi connectivity index (χ2n) is 7.90. The van der Waals surface area contributed by atoms with Crippen LogP contribution in [0, 0.1) is 0 Å². The summed E-state index contributed by atoms with van der Waals surface area (Å²) in [6.07, 6.45) is 9.21. The predicted molar refractivity (Wildman–Crippen MR) is 125 cm³/mol. The van der Waals surface area contributed by atoms with Crippen LogP contribution in [0.4, 0.5) is 5.13 Å². The fraction of sp³-hybridized carbons (Fsp3) is 0.167. The van der Waals surface area contributed by atoms with Gasteiger partial charge in [0.25, 0.3) is 0 Å². The summed E-state index contributed by atoms with van der Waals surface area (Å²) < 4.78 is 1.89. The lowest BCUT2D eigenvalue weighted by molar-refractivity contribution is 0.729. The first kappa shape index (κ1) is 18.9. The molecule has 0 atom stereocenters. The summed E-state index contributed by atoms with van der Waals surface area (Å²) >= 11 is 1.78. The summed E-state index contributed by atoms with van der Waals surface area (Å²) in [5, 5.41) is 12.3. The van der Waals surface area contributed by atoms with Gasteiger partial charge in [-0.15, -0.1) is 11.3 Å². The molecule has 0 saturated carbocycles. The maximum Gasteiger partial charge on any atom is 0.185 e. The van der Waals surface area contributed by atoms with E-state index in [1.807, 2.05) is 23.1 Å². The van der Waals surface area contributed by atoms with Crippen LogP contribution in [0.1, 0.15) is 21.6 Å². The summed E-state index contributed by atoms with van der Waals surface area (Å²) in [4.78, 5) is 12.7. The third kappa shape index (κ3) is 3.69. The number of benzene rings is 2. The number of thiazole rings is 1. The molecule has 1 aliphatic rings. The van der Waals surface area contributed by atoms with Gasteiger partial charge in [-0.05, 0) is 47.4 Å². The summed E-state index contributed by atoms with van der Waals surface area (Å²) in [5.41, 5.74) is 6.13. The van der Waals surface area contributed by atoms with E-state index in [0.29, 0.717) is 0 Å². The number of hydrogen-bond acceptors (Lipinski definition) is 6. The van der Waals surface area contributed by atoms with E-state index in [1.165, 1.54) is 21.6 Å². The number of nitrogens with one attached hydrogen (secondary N) is 1. The topological polar surface area (TPSA) is 75.5 Å². The van der Waals surface area contributed by atoms with Gasteiger partial charge in [-0.2, -0.15) is 10.2 Å². The van der Waals surface area contributed by atoms with Gasteiger partial charge in [0.2, 0.25) is 0 Å². The lowest BCUT2D eigenvalue weighted by atomic mass is 9.97. The van der Waals surface area contributed by atoms with Crippen LogP contribution in [0.2, 0.25) is 0 Å². The van der Waals surface area contributed by atoms with Crippen molar-refractivity contribution in [1.29, 1.82) is 0 Å². The minimum atomic E-state index is 0.804. The highest BCUT2D eigenvalue weighted by atomic mass is 32.1. The molecule has 8 heteroatoms. The van der Waals surface area contributed by atoms with Crippen molar-refractivity contribution in [1.82, 2.24) is 29.9 Å². The number of nitrogens with zero attached hydrogens (tertiary/aromatic N) is 6. The predicted octanol–water partition coefficient (Wildman–Crippen LogP) is 4.27. The Morgan fingerprint density at radius 3 is 2.91 bits per heavy atom. The molecule has 0 aliphatic carbocycles. The average Bonchev–Trinajstić information content (AvgIpc) is 3.62. The molecule has 0 saturated heterocycles. The first-order chi connectivity index (χ1) is 15.8. The zero-order valence-corrected chi connectivity index (χ0v) is 18.2. The highest BCUT2D eigenvalue weighted by Crippen LogP contribution is 2.31.